The van der Waals surface area contributed by atoms with Crippen molar-refractivity contribution in [2.24, 2.45) is 0 Å². The maximum atomic E-state index is 14.1. The second-order valence-corrected chi connectivity index (χ2v) is 9.56. The molecule has 0 aromatic heterocycles. The summed E-state index contributed by atoms with van der Waals surface area (Å²) in [5.74, 6) is 0.235. The molecule has 1 N–H and O–H groups in total. The van der Waals surface area contributed by atoms with Crippen LogP contribution in [0.3, 0.4) is 0 Å². The molecule has 0 saturated carbocycles. The Hall–Kier alpha value is -1.77. The molecule has 0 saturated heterocycles. The van der Waals surface area contributed by atoms with Gasteiger partial charge in [0, 0.05) is 23.1 Å². The number of hydrogen-bond donors (Lipinski definition) is 1. The summed E-state index contributed by atoms with van der Waals surface area (Å²) in [5.41, 5.74) is 0.974. The van der Waals surface area contributed by atoms with Gasteiger partial charge in [-0.2, -0.15) is 11.8 Å². The second kappa shape index (κ2) is 10.1. The summed E-state index contributed by atoms with van der Waals surface area (Å²) in [6.45, 7) is 1.81. The molecule has 28 heavy (non-hydrogen) atoms. The van der Waals surface area contributed by atoms with Gasteiger partial charge in [0.2, 0.25) is 15.9 Å². The highest BCUT2D eigenvalue weighted by Gasteiger charge is 2.30. The van der Waals surface area contributed by atoms with Gasteiger partial charge in [-0.1, -0.05) is 35.9 Å². The van der Waals surface area contributed by atoms with Crippen LogP contribution >= 0.6 is 23.4 Å². The largest absolute Gasteiger partial charge is 0.353 e. The van der Waals surface area contributed by atoms with Gasteiger partial charge < -0.3 is 5.32 Å². The van der Waals surface area contributed by atoms with E-state index in [2.05, 4.69) is 5.32 Å². The van der Waals surface area contributed by atoms with Crippen molar-refractivity contribution in [3.05, 3.63) is 64.9 Å². The molecule has 1 unspecified atom stereocenters. The molecule has 0 fully saturated rings. The van der Waals surface area contributed by atoms with E-state index in [4.69, 9.17) is 11.6 Å². The van der Waals surface area contributed by atoms with Crippen LogP contribution in [-0.2, 0) is 20.6 Å². The third-order valence-electron chi connectivity index (χ3n) is 3.91. The summed E-state index contributed by atoms with van der Waals surface area (Å²) in [5, 5.41) is 3.39. The predicted octanol–water partition coefficient (Wildman–Crippen LogP) is 3.68. The number of carbonyl (C=O) groups excluding carboxylic acids is 1. The van der Waals surface area contributed by atoms with E-state index in [1.54, 1.807) is 11.8 Å². The van der Waals surface area contributed by atoms with Gasteiger partial charge in [-0.15, -0.1) is 0 Å². The highest BCUT2D eigenvalue weighted by atomic mass is 35.5. The average molecular weight is 445 g/mol. The van der Waals surface area contributed by atoms with E-state index in [1.807, 2.05) is 24.3 Å². The molecule has 0 aliphatic carbocycles. The van der Waals surface area contributed by atoms with Crippen LogP contribution in [0.1, 0.15) is 12.5 Å². The first-order valence-corrected chi connectivity index (χ1v) is 11.9. The number of benzene rings is 2. The van der Waals surface area contributed by atoms with Crippen molar-refractivity contribution in [1.29, 1.82) is 0 Å². The molecule has 2 rings (SSSR count). The van der Waals surface area contributed by atoms with Crippen LogP contribution < -0.4 is 9.62 Å². The van der Waals surface area contributed by atoms with E-state index in [1.165, 1.54) is 25.1 Å². The molecule has 0 heterocycles. The lowest BCUT2D eigenvalue weighted by atomic mass is 10.2. The number of thioether (sulfide) groups is 1. The minimum atomic E-state index is -3.84. The first-order chi connectivity index (χ1) is 13.2. The Kier molecular flexibility index (Phi) is 8.15. The average Bonchev–Trinajstić information content (AvgIpc) is 2.63. The molecule has 2 aromatic rings. The Morgan fingerprint density at radius 3 is 2.46 bits per heavy atom. The van der Waals surface area contributed by atoms with Crippen LogP contribution in [0.5, 0.6) is 0 Å². The fourth-order valence-corrected chi connectivity index (χ4v) is 4.70. The molecule has 5 nitrogen and oxygen atoms in total. The summed E-state index contributed by atoms with van der Waals surface area (Å²) in [6.07, 6.45) is 0.950. The van der Waals surface area contributed by atoms with Crippen LogP contribution in [0.25, 0.3) is 0 Å². The Labute approximate surface area is 174 Å². The zero-order chi connectivity index (χ0) is 20.7. The zero-order valence-electron chi connectivity index (χ0n) is 15.6. The number of rotatable bonds is 9. The number of nitrogens with zero attached hydrogens (tertiary/aromatic N) is 1. The second-order valence-electron chi connectivity index (χ2n) is 6.16. The topological polar surface area (TPSA) is 66.5 Å². The summed E-state index contributed by atoms with van der Waals surface area (Å²) in [6, 6.07) is 11.9. The molecule has 9 heteroatoms. The van der Waals surface area contributed by atoms with Crippen molar-refractivity contribution in [3.63, 3.8) is 0 Å². The van der Waals surface area contributed by atoms with Gasteiger partial charge in [-0.05, 0) is 36.8 Å². The Balaban J connectivity index is 1.90. The van der Waals surface area contributed by atoms with Gasteiger partial charge in [0.05, 0.1) is 11.9 Å². The molecular weight excluding hydrogens is 423 g/mol. The molecule has 0 aliphatic heterocycles. The van der Waals surface area contributed by atoms with Crippen LogP contribution in [0.4, 0.5) is 10.1 Å². The van der Waals surface area contributed by atoms with Gasteiger partial charge >= 0.3 is 0 Å². The van der Waals surface area contributed by atoms with Gasteiger partial charge in [0.25, 0.3) is 0 Å². The van der Waals surface area contributed by atoms with E-state index in [0.717, 1.165) is 27.9 Å². The Bertz CT molecular complexity index is 908. The monoisotopic (exact) mass is 444 g/mol. The van der Waals surface area contributed by atoms with Gasteiger partial charge in [-0.3, -0.25) is 9.10 Å². The first-order valence-electron chi connectivity index (χ1n) is 8.54. The molecule has 0 radical (unpaired) electrons. The summed E-state index contributed by atoms with van der Waals surface area (Å²) < 4.78 is 39.2. The summed E-state index contributed by atoms with van der Waals surface area (Å²) >= 11 is 7.48. The quantitative estimate of drug-likeness (QED) is 0.599. The zero-order valence-corrected chi connectivity index (χ0v) is 18.0. The Morgan fingerprint density at radius 1 is 1.21 bits per heavy atom. The van der Waals surface area contributed by atoms with Gasteiger partial charge in [-0.25, -0.2) is 12.8 Å². The van der Waals surface area contributed by atoms with Crippen LogP contribution in [0.15, 0.2) is 48.5 Å². The van der Waals surface area contributed by atoms with Gasteiger partial charge in [0.15, 0.2) is 0 Å². The van der Waals surface area contributed by atoms with Crippen LogP contribution in [0, 0.1) is 5.82 Å². The highest BCUT2D eigenvalue weighted by molar-refractivity contribution is 7.98. The minimum absolute atomic E-state index is 0.148. The van der Waals surface area contributed by atoms with Crippen molar-refractivity contribution >= 4 is 45.0 Å². The first kappa shape index (κ1) is 22.5. The predicted molar refractivity (Wildman–Crippen MR) is 114 cm³/mol. The number of amides is 1. The number of carbonyl (C=O) groups is 1. The van der Waals surface area contributed by atoms with E-state index in [0.29, 0.717) is 17.3 Å². The third kappa shape index (κ3) is 6.39. The number of para-hydroxylation sites is 1. The minimum Gasteiger partial charge on any atom is -0.353 e. The van der Waals surface area contributed by atoms with Crippen molar-refractivity contribution < 1.29 is 17.6 Å². The van der Waals surface area contributed by atoms with Crippen molar-refractivity contribution in [3.8, 4) is 0 Å². The highest BCUT2D eigenvalue weighted by Crippen LogP contribution is 2.24. The fourth-order valence-electron chi connectivity index (χ4n) is 2.58. The van der Waals surface area contributed by atoms with Crippen molar-refractivity contribution in [2.75, 3.05) is 22.9 Å². The molecule has 0 spiro atoms. The molecule has 0 bridgehead atoms. The van der Waals surface area contributed by atoms with E-state index < -0.39 is 27.8 Å². The molecule has 0 aliphatic rings. The molecule has 2 aromatic carbocycles. The summed E-state index contributed by atoms with van der Waals surface area (Å²) in [7, 11) is -3.84. The van der Waals surface area contributed by atoms with Gasteiger partial charge in [0.1, 0.15) is 11.9 Å². The number of halogens is 2. The smallest absolute Gasteiger partial charge is 0.243 e. The number of anilines is 1. The summed E-state index contributed by atoms with van der Waals surface area (Å²) in [4.78, 5) is 12.4. The lowest BCUT2D eigenvalue weighted by Crippen LogP contribution is -2.48. The lowest BCUT2D eigenvalue weighted by molar-refractivity contribution is -0.121. The van der Waals surface area contributed by atoms with Crippen LogP contribution in [0.2, 0.25) is 5.02 Å². The van der Waals surface area contributed by atoms with E-state index >= 15 is 0 Å². The van der Waals surface area contributed by atoms with E-state index in [9.17, 15) is 17.6 Å². The molecular formula is C19H22ClFN2O3S2. The molecule has 152 valence electrons. The standard InChI is InChI=1S/C19H22ClFN2O3S2/c1-14(23(28(2,25)26)18-6-4-3-5-17(18)21)19(24)22-11-12-27-13-15-7-9-16(20)10-8-15/h3-10,14H,11-13H2,1-2H3,(H,22,24). The maximum absolute atomic E-state index is 14.1. The number of sulfonamides is 1. The lowest BCUT2D eigenvalue weighted by Gasteiger charge is -2.28. The number of nitrogens with one attached hydrogen (secondary N) is 1. The fraction of sp³-hybridized carbons (Fsp3) is 0.316. The molecule has 1 atom stereocenters. The van der Waals surface area contributed by atoms with Crippen LogP contribution in [-0.4, -0.2) is 38.9 Å². The number of hydrogen-bond acceptors (Lipinski definition) is 4. The Morgan fingerprint density at radius 2 is 1.86 bits per heavy atom. The van der Waals surface area contributed by atoms with Crippen molar-refractivity contribution in [2.45, 2.75) is 18.7 Å². The normalized spacial score (nSPS) is 12.4. The molecule has 1 amide bonds. The SMILES string of the molecule is CC(C(=O)NCCSCc1ccc(Cl)cc1)N(c1ccccc1F)S(C)(=O)=O. The maximum Gasteiger partial charge on any atom is 0.243 e. The van der Waals surface area contributed by atoms with E-state index in [-0.39, 0.29) is 5.69 Å². The van der Waals surface area contributed by atoms with Crippen molar-refractivity contribution in [1.82, 2.24) is 5.32 Å². The third-order valence-corrected chi connectivity index (χ3v) is 6.42.